The third-order valence-electron chi connectivity index (χ3n) is 3.79. The molecule has 134 valence electrons. The predicted molar refractivity (Wildman–Crippen MR) is 109 cm³/mol. The van der Waals surface area contributed by atoms with Crippen LogP contribution in [0.15, 0.2) is 53.0 Å². The van der Waals surface area contributed by atoms with Gasteiger partial charge in [-0.2, -0.15) is 0 Å². The number of hydrogen-bond acceptors (Lipinski definition) is 2. The fraction of sp³-hybridized carbons (Fsp3) is 0.333. The van der Waals surface area contributed by atoms with Crippen molar-refractivity contribution in [1.82, 2.24) is 0 Å². The third kappa shape index (κ3) is 6.85. The summed E-state index contributed by atoms with van der Waals surface area (Å²) in [7, 11) is 0. The molecule has 0 unspecified atom stereocenters. The number of rotatable bonds is 8. The molecule has 4 heteroatoms. The molecule has 0 aromatic heterocycles. The van der Waals surface area contributed by atoms with Crippen molar-refractivity contribution in [3.63, 3.8) is 0 Å². The van der Waals surface area contributed by atoms with Crippen molar-refractivity contribution in [2.45, 2.75) is 32.8 Å². The Morgan fingerprint density at radius 2 is 1.88 bits per heavy atom. The van der Waals surface area contributed by atoms with E-state index in [2.05, 4.69) is 40.2 Å². The van der Waals surface area contributed by atoms with Crippen molar-refractivity contribution in [3.05, 3.63) is 69.2 Å². The van der Waals surface area contributed by atoms with Gasteiger partial charge in [-0.3, -0.25) is 0 Å². The topological polar surface area (TPSA) is 29.5 Å². The van der Waals surface area contributed by atoms with Crippen LogP contribution in [0.4, 0.5) is 0 Å². The minimum absolute atomic E-state index is 0.0961. The molecule has 0 aliphatic rings. The third-order valence-corrected chi connectivity index (χ3v) is 4.61. The van der Waals surface area contributed by atoms with E-state index in [0.29, 0.717) is 10.8 Å². The number of benzene rings is 2. The van der Waals surface area contributed by atoms with Gasteiger partial charge in [-0.25, -0.2) is 0 Å². The molecule has 0 saturated heterocycles. The number of allylic oxidation sites excluding steroid dienone is 1. The maximum absolute atomic E-state index is 9.34. The summed E-state index contributed by atoms with van der Waals surface area (Å²) in [5, 5.41) is 9.95. The van der Waals surface area contributed by atoms with Gasteiger partial charge < -0.3 is 9.84 Å². The quantitative estimate of drug-likeness (QED) is 0.552. The van der Waals surface area contributed by atoms with Crippen molar-refractivity contribution in [2.75, 3.05) is 6.61 Å². The number of ether oxygens (including phenoxy) is 1. The monoisotopic (exact) mass is 422 g/mol. The van der Waals surface area contributed by atoms with Crippen LogP contribution < -0.4 is 4.74 Å². The lowest BCUT2D eigenvalue weighted by molar-refractivity contribution is 0.242. The largest absolute Gasteiger partial charge is 0.489 e. The Bertz CT molecular complexity index is 696. The molecular weight excluding hydrogens is 400 g/mol. The van der Waals surface area contributed by atoms with E-state index in [1.54, 1.807) is 0 Å². The fourth-order valence-electron chi connectivity index (χ4n) is 2.57. The van der Waals surface area contributed by atoms with Crippen LogP contribution in [0.3, 0.4) is 0 Å². The Hall–Kier alpha value is -1.29. The lowest BCUT2D eigenvalue weighted by Crippen LogP contribution is -2.05. The molecular formula is C21H24BrClO2. The first-order chi connectivity index (χ1) is 12.0. The van der Waals surface area contributed by atoms with Crippen LogP contribution in [0, 0.1) is 5.92 Å². The van der Waals surface area contributed by atoms with Crippen molar-refractivity contribution in [2.24, 2.45) is 5.92 Å². The van der Waals surface area contributed by atoms with Gasteiger partial charge in [-0.05, 0) is 68.0 Å². The average molecular weight is 424 g/mol. The zero-order valence-corrected chi connectivity index (χ0v) is 16.9. The van der Waals surface area contributed by atoms with Crippen LogP contribution in [-0.4, -0.2) is 17.8 Å². The summed E-state index contributed by atoms with van der Waals surface area (Å²) in [6.07, 6.45) is 5.93. The second-order valence-corrected chi connectivity index (χ2v) is 7.64. The highest BCUT2D eigenvalue weighted by atomic mass is 79.9. The van der Waals surface area contributed by atoms with E-state index in [-0.39, 0.29) is 18.6 Å². The molecule has 0 radical (unpaired) electrons. The summed E-state index contributed by atoms with van der Waals surface area (Å²) in [5.41, 5.74) is 2.28. The molecule has 0 fully saturated rings. The Morgan fingerprint density at radius 1 is 1.16 bits per heavy atom. The average Bonchev–Trinajstić information content (AvgIpc) is 2.57. The SMILES string of the molecule is CC(C)Oc1ccc(/C=C/[C@H](CCO)Cc2ccc(Br)cc2)cc1Cl. The molecule has 1 N–H and O–H groups in total. The molecule has 2 aromatic rings. The number of aliphatic hydroxyl groups excluding tert-OH is 1. The van der Waals surface area contributed by atoms with Gasteiger partial charge in [0.1, 0.15) is 5.75 Å². The van der Waals surface area contributed by atoms with E-state index in [0.717, 1.165) is 22.9 Å². The molecule has 0 amide bonds. The van der Waals surface area contributed by atoms with Gasteiger partial charge in [0, 0.05) is 11.1 Å². The van der Waals surface area contributed by atoms with Crippen LogP contribution in [0.2, 0.25) is 5.02 Å². The molecule has 0 heterocycles. The standard InChI is InChI=1S/C21H24BrClO2/c1-15(2)25-21-10-7-17(14-20(21)23)3-4-18(11-12-24)13-16-5-8-19(22)9-6-16/h3-10,14-15,18,24H,11-13H2,1-2H3/b4-3+/t18-/m1/s1. The minimum atomic E-state index is 0.0961. The van der Waals surface area contributed by atoms with Gasteiger partial charge in [-0.1, -0.05) is 57.9 Å². The molecule has 0 aliphatic heterocycles. The summed E-state index contributed by atoms with van der Waals surface area (Å²) in [6, 6.07) is 14.1. The summed E-state index contributed by atoms with van der Waals surface area (Å²) in [6.45, 7) is 4.13. The molecule has 0 aliphatic carbocycles. The van der Waals surface area contributed by atoms with E-state index in [1.807, 2.05) is 44.2 Å². The fourth-order valence-corrected chi connectivity index (χ4v) is 3.07. The highest BCUT2D eigenvalue weighted by molar-refractivity contribution is 9.10. The minimum Gasteiger partial charge on any atom is -0.489 e. The highest BCUT2D eigenvalue weighted by Gasteiger charge is 2.07. The molecule has 0 spiro atoms. The van der Waals surface area contributed by atoms with E-state index in [4.69, 9.17) is 16.3 Å². The zero-order chi connectivity index (χ0) is 18.2. The number of aliphatic hydroxyl groups is 1. The number of halogens is 2. The predicted octanol–water partition coefficient (Wildman–Crippen LogP) is 6.14. The Morgan fingerprint density at radius 3 is 2.48 bits per heavy atom. The summed E-state index contributed by atoms with van der Waals surface area (Å²) >= 11 is 9.75. The highest BCUT2D eigenvalue weighted by Crippen LogP contribution is 2.27. The van der Waals surface area contributed by atoms with Gasteiger partial charge in [0.05, 0.1) is 11.1 Å². The Kier molecular flexibility index (Phi) is 8.01. The van der Waals surface area contributed by atoms with Gasteiger partial charge in [0.2, 0.25) is 0 Å². The first-order valence-corrected chi connectivity index (χ1v) is 9.64. The van der Waals surface area contributed by atoms with E-state index >= 15 is 0 Å². The molecule has 2 rings (SSSR count). The maximum Gasteiger partial charge on any atom is 0.138 e. The van der Waals surface area contributed by atoms with Crippen molar-refractivity contribution in [1.29, 1.82) is 0 Å². The molecule has 2 aromatic carbocycles. The number of hydrogen-bond donors (Lipinski definition) is 1. The van der Waals surface area contributed by atoms with Crippen LogP contribution in [-0.2, 0) is 6.42 Å². The van der Waals surface area contributed by atoms with Gasteiger partial charge in [-0.15, -0.1) is 0 Å². The zero-order valence-electron chi connectivity index (χ0n) is 14.6. The van der Waals surface area contributed by atoms with E-state index < -0.39 is 0 Å². The first kappa shape index (κ1) is 20.0. The smallest absolute Gasteiger partial charge is 0.138 e. The van der Waals surface area contributed by atoms with Crippen molar-refractivity contribution >= 4 is 33.6 Å². The lowest BCUT2D eigenvalue weighted by atomic mass is 9.95. The normalized spacial score (nSPS) is 12.7. The van der Waals surface area contributed by atoms with Gasteiger partial charge in [0.15, 0.2) is 0 Å². The van der Waals surface area contributed by atoms with Crippen molar-refractivity contribution < 1.29 is 9.84 Å². The molecule has 0 saturated carbocycles. The van der Waals surface area contributed by atoms with Crippen LogP contribution >= 0.6 is 27.5 Å². The second-order valence-electron chi connectivity index (χ2n) is 6.32. The molecule has 1 atom stereocenters. The molecule has 0 bridgehead atoms. The Labute approximate surface area is 163 Å². The van der Waals surface area contributed by atoms with Crippen molar-refractivity contribution in [3.8, 4) is 5.75 Å². The summed E-state index contributed by atoms with van der Waals surface area (Å²) < 4.78 is 6.73. The lowest BCUT2D eigenvalue weighted by Gasteiger charge is -2.13. The maximum atomic E-state index is 9.34. The van der Waals surface area contributed by atoms with Crippen LogP contribution in [0.1, 0.15) is 31.4 Å². The van der Waals surface area contributed by atoms with Crippen LogP contribution in [0.25, 0.3) is 6.08 Å². The first-order valence-electron chi connectivity index (χ1n) is 8.47. The summed E-state index contributed by atoms with van der Waals surface area (Å²) in [4.78, 5) is 0. The molecule has 25 heavy (non-hydrogen) atoms. The van der Waals surface area contributed by atoms with Gasteiger partial charge >= 0.3 is 0 Å². The van der Waals surface area contributed by atoms with Crippen LogP contribution in [0.5, 0.6) is 5.75 Å². The van der Waals surface area contributed by atoms with E-state index in [9.17, 15) is 5.11 Å². The summed E-state index contributed by atoms with van der Waals surface area (Å²) in [5.74, 6) is 0.979. The second kappa shape index (κ2) is 10.0. The molecule has 2 nitrogen and oxygen atoms in total. The Balaban J connectivity index is 2.07. The van der Waals surface area contributed by atoms with Gasteiger partial charge in [0.25, 0.3) is 0 Å². The van der Waals surface area contributed by atoms with E-state index in [1.165, 1.54) is 5.56 Å².